The average Bonchev–Trinajstić information content (AvgIpc) is 3.98. The molecule has 1 aliphatic heterocycles. The molecule has 0 radical (unpaired) electrons. The highest BCUT2D eigenvalue weighted by molar-refractivity contribution is 7.98. The summed E-state index contributed by atoms with van der Waals surface area (Å²) in [6.07, 6.45) is 8.41. The minimum Gasteiger partial charge on any atom is -0.481 e. The number of likely N-dealkylation sites (tertiary alicyclic amines) is 1. The van der Waals surface area contributed by atoms with Crippen molar-refractivity contribution in [3.05, 3.63) is 107 Å². The van der Waals surface area contributed by atoms with Crippen molar-refractivity contribution in [3.63, 3.8) is 0 Å². The van der Waals surface area contributed by atoms with Crippen molar-refractivity contribution < 1.29 is 48.2 Å². The van der Waals surface area contributed by atoms with Crippen molar-refractivity contribution in [1.82, 2.24) is 20.5 Å². The van der Waals surface area contributed by atoms with Crippen LogP contribution in [0, 0.1) is 36.4 Å². The SMILES string of the molecule is CSCCC(CC(=O)C(CC(N)=O)NC(=O)C(CC(=O)C(CO)NC(=O)[C@H]1CCCN(C(=O)c2c(C)cccc2F)[C@H]1c1ccc(CC2CCCC2)cc1)Cc1c[nH]c2ccccc12)C(=O)O. The van der Waals surface area contributed by atoms with E-state index in [-0.39, 0.29) is 24.9 Å². The lowest BCUT2D eigenvalue weighted by atomic mass is 9.82. The lowest BCUT2D eigenvalue weighted by Gasteiger charge is -2.41. The van der Waals surface area contributed by atoms with Crippen LogP contribution in [0.15, 0.2) is 72.9 Å². The molecule has 358 valence electrons. The topological polar surface area (TPSA) is 229 Å². The molecule has 1 saturated carbocycles. The second-order valence-corrected chi connectivity index (χ2v) is 19.1. The van der Waals surface area contributed by atoms with Crippen LogP contribution in [0.4, 0.5) is 4.39 Å². The standard InChI is InChI=1S/C51H62FN5O9S/c1-30-9-7-14-39(52)46(30)50(64)57-21-8-13-38(47(57)33-18-16-32(17-19-33)23-31-10-3-4-11-31)49(63)56-42(29-58)44(60)26-35(24-36-28-54-40-15-6-5-12-37(36)40)48(62)55-41(27-45(53)61)43(59)25-34(51(65)66)20-22-67-2/h5-7,9,12,14-19,28,31,34-35,38,41-42,47,54,58H,3-4,8,10-11,13,20-27,29H2,1-2H3,(H2,53,61)(H,55,62)(H,56,63)(H,65,66)/t34?,35?,38-,41?,42?,47-/m0/s1. The van der Waals surface area contributed by atoms with Gasteiger partial charge in [0.15, 0.2) is 11.6 Å². The predicted octanol–water partition coefficient (Wildman–Crippen LogP) is 6.01. The van der Waals surface area contributed by atoms with Crippen molar-refractivity contribution in [2.45, 2.75) is 102 Å². The molecule has 16 heteroatoms. The highest BCUT2D eigenvalue weighted by atomic mass is 32.2. The van der Waals surface area contributed by atoms with Gasteiger partial charge in [0.1, 0.15) is 11.9 Å². The van der Waals surface area contributed by atoms with E-state index in [0.717, 1.165) is 22.9 Å². The second kappa shape index (κ2) is 23.7. The number of hydrogen-bond donors (Lipinski definition) is 6. The number of aliphatic carboxylic acids is 1. The Kier molecular flexibility index (Phi) is 17.9. The molecule has 6 atom stereocenters. The molecule has 4 amide bonds. The summed E-state index contributed by atoms with van der Waals surface area (Å²) in [7, 11) is 0. The first-order valence-electron chi connectivity index (χ1n) is 23.2. The number of hydrogen-bond acceptors (Lipinski definition) is 9. The number of Topliss-reactive ketones (excluding diaryl/α,β-unsaturated/α-hetero) is 2. The number of aliphatic hydroxyl groups is 1. The number of thioether (sulfide) groups is 1. The third-order valence-electron chi connectivity index (χ3n) is 13.4. The number of carbonyl (C=O) groups excluding carboxylic acids is 6. The highest BCUT2D eigenvalue weighted by Gasteiger charge is 2.42. The van der Waals surface area contributed by atoms with Crippen LogP contribution in [-0.4, -0.2) is 98.5 Å². The zero-order chi connectivity index (χ0) is 48.2. The van der Waals surface area contributed by atoms with Crippen LogP contribution in [0.3, 0.4) is 0 Å². The number of para-hydroxylation sites is 1. The molecule has 4 aromatic rings. The van der Waals surface area contributed by atoms with Crippen LogP contribution >= 0.6 is 11.8 Å². The smallest absolute Gasteiger partial charge is 0.306 e. The Labute approximate surface area is 394 Å². The van der Waals surface area contributed by atoms with Crippen LogP contribution in [-0.2, 0) is 41.6 Å². The molecule has 7 N–H and O–H groups in total. The number of aryl methyl sites for hydroxylation is 1. The minimum absolute atomic E-state index is 0.0371. The largest absolute Gasteiger partial charge is 0.481 e. The first kappa shape index (κ1) is 50.5. The van der Waals surface area contributed by atoms with Crippen molar-refractivity contribution in [2.24, 2.45) is 29.4 Å². The van der Waals surface area contributed by atoms with E-state index in [4.69, 9.17) is 5.73 Å². The fraction of sp³-hybridized carbons (Fsp3) is 0.471. The summed E-state index contributed by atoms with van der Waals surface area (Å²) in [6, 6.07) is 15.7. The van der Waals surface area contributed by atoms with Gasteiger partial charge in [-0.1, -0.05) is 80.3 Å². The third-order valence-corrected chi connectivity index (χ3v) is 14.1. The number of aliphatic hydroxyl groups excluding tert-OH is 1. The number of primary amides is 1. The van der Waals surface area contributed by atoms with Crippen LogP contribution in [0.25, 0.3) is 10.9 Å². The Hall–Kier alpha value is -5.87. The van der Waals surface area contributed by atoms with Gasteiger partial charge < -0.3 is 36.5 Å². The molecule has 0 bridgehead atoms. The van der Waals surface area contributed by atoms with Gasteiger partial charge >= 0.3 is 5.97 Å². The number of benzene rings is 3. The van der Waals surface area contributed by atoms with Crippen LogP contribution < -0.4 is 16.4 Å². The molecule has 3 aromatic carbocycles. The van der Waals surface area contributed by atoms with E-state index in [9.17, 15) is 43.8 Å². The highest BCUT2D eigenvalue weighted by Crippen LogP contribution is 2.39. The summed E-state index contributed by atoms with van der Waals surface area (Å²) in [5.41, 5.74) is 9.07. The average molecular weight is 940 g/mol. The number of aromatic amines is 1. The summed E-state index contributed by atoms with van der Waals surface area (Å²) < 4.78 is 15.4. The third kappa shape index (κ3) is 13.0. The summed E-state index contributed by atoms with van der Waals surface area (Å²) in [5.74, 6) is -8.29. The van der Waals surface area contributed by atoms with E-state index in [1.54, 1.807) is 25.4 Å². The van der Waals surface area contributed by atoms with Gasteiger partial charge in [0.05, 0.1) is 42.5 Å². The first-order chi connectivity index (χ1) is 32.2. The number of nitrogens with zero attached hydrogens (tertiary/aromatic N) is 1. The van der Waals surface area contributed by atoms with Gasteiger partial charge in [0.25, 0.3) is 5.91 Å². The fourth-order valence-electron chi connectivity index (χ4n) is 9.76. The molecule has 67 heavy (non-hydrogen) atoms. The molecule has 0 spiro atoms. The van der Waals surface area contributed by atoms with Crippen LogP contribution in [0.2, 0.25) is 0 Å². The summed E-state index contributed by atoms with van der Waals surface area (Å²) in [4.78, 5) is 99.9. The number of ketones is 2. The predicted molar refractivity (Wildman–Crippen MR) is 253 cm³/mol. The van der Waals surface area contributed by atoms with Gasteiger partial charge in [-0.05, 0) is 91.3 Å². The number of halogens is 1. The number of carboxylic acid groups (broad SMARTS) is 1. The van der Waals surface area contributed by atoms with Crippen LogP contribution in [0.1, 0.15) is 103 Å². The Balaban J connectivity index is 1.26. The maximum Gasteiger partial charge on any atom is 0.306 e. The van der Waals surface area contributed by atoms with Crippen molar-refractivity contribution in [3.8, 4) is 0 Å². The van der Waals surface area contributed by atoms with Crippen molar-refractivity contribution >= 4 is 63.8 Å². The lowest BCUT2D eigenvalue weighted by Crippen LogP contribution is -2.52. The fourth-order valence-corrected chi connectivity index (χ4v) is 10.3. The zero-order valence-corrected chi connectivity index (χ0v) is 39.0. The number of nitrogens with two attached hydrogens (primary N) is 1. The molecular formula is C51H62FN5O9S. The molecular weight excluding hydrogens is 878 g/mol. The first-order valence-corrected chi connectivity index (χ1v) is 24.5. The number of carboxylic acids is 1. The van der Waals surface area contributed by atoms with E-state index >= 15 is 4.39 Å². The van der Waals surface area contributed by atoms with Crippen molar-refractivity contribution in [2.75, 3.05) is 25.2 Å². The Morgan fingerprint density at radius 2 is 1.57 bits per heavy atom. The molecule has 1 aromatic heterocycles. The van der Waals surface area contributed by atoms with Gasteiger partial charge in [-0.15, -0.1) is 0 Å². The van der Waals surface area contributed by atoms with E-state index in [1.165, 1.54) is 54.5 Å². The Bertz CT molecular complexity index is 2400. The summed E-state index contributed by atoms with van der Waals surface area (Å²) in [5, 5.41) is 26.6. The number of nitrogens with one attached hydrogen (secondary N) is 3. The molecule has 2 aliphatic rings. The number of amides is 4. The van der Waals surface area contributed by atoms with E-state index in [0.29, 0.717) is 41.2 Å². The molecule has 1 saturated heterocycles. The monoisotopic (exact) mass is 939 g/mol. The maximum atomic E-state index is 15.4. The minimum atomic E-state index is -1.49. The Morgan fingerprint density at radius 3 is 2.24 bits per heavy atom. The van der Waals surface area contributed by atoms with Gasteiger partial charge in [-0.3, -0.25) is 33.6 Å². The van der Waals surface area contributed by atoms with Crippen LogP contribution in [0.5, 0.6) is 0 Å². The normalized spacial score (nSPS) is 18.2. The molecule has 1 aliphatic carbocycles. The summed E-state index contributed by atoms with van der Waals surface area (Å²) in [6.45, 7) is 1.07. The number of H-pyrrole nitrogens is 1. The van der Waals surface area contributed by atoms with Gasteiger partial charge in [-0.25, -0.2) is 4.39 Å². The van der Waals surface area contributed by atoms with E-state index in [2.05, 4.69) is 15.6 Å². The Morgan fingerprint density at radius 1 is 0.866 bits per heavy atom. The molecule has 2 fully saturated rings. The summed E-state index contributed by atoms with van der Waals surface area (Å²) >= 11 is 1.41. The molecule has 4 unspecified atom stereocenters. The lowest BCUT2D eigenvalue weighted by molar-refractivity contribution is -0.144. The number of fused-ring (bicyclic) bond motifs is 1. The van der Waals surface area contributed by atoms with Crippen molar-refractivity contribution in [1.29, 1.82) is 0 Å². The molecule has 2 heterocycles. The number of aromatic nitrogens is 1. The molecule has 6 rings (SSSR count). The second-order valence-electron chi connectivity index (χ2n) is 18.1. The van der Waals surface area contributed by atoms with Gasteiger partial charge in [0, 0.05) is 42.4 Å². The zero-order valence-electron chi connectivity index (χ0n) is 38.1. The number of rotatable bonds is 23. The molecule has 14 nitrogen and oxygen atoms in total. The van der Waals surface area contributed by atoms with E-state index < -0.39 is 109 Å². The number of piperidine rings is 1. The number of carbonyl (C=O) groups is 7. The van der Waals surface area contributed by atoms with E-state index in [1.807, 2.05) is 48.5 Å². The van der Waals surface area contributed by atoms with Gasteiger partial charge in [0.2, 0.25) is 17.7 Å². The maximum absolute atomic E-state index is 15.4. The quantitative estimate of drug-likeness (QED) is 0.0508. The van der Waals surface area contributed by atoms with Gasteiger partial charge in [-0.2, -0.15) is 11.8 Å².